The molecular formula is C13H20BNO6. The fourth-order valence-corrected chi connectivity index (χ4v) is 2.39. The van der Waals surface area contributed by atoms with Gasteiger partial charge in [-0.3, -0.25) is 0 Å². The van der Waals surface area contributed by atoms with Crippen LogP contribution in [-0.2, 0) is 14.1 Å². The van der Waals surface area contributed by atoms with Gasteiger partial charge in [-0.2, -0.15) is 0 Å². The first-order valence-electron chi connectivity index (χ1n) is 6.84. The molecule has 0 bridgehead atoms. The van der Waals surface area contributed by atoms with Crippen molar-refractivity contribution in [1.29, 1.82) is 0 Å². The van der Waals surface area contributed by atoms with E-state index in [1.54, 1.807) is 0 Å². The van der Waals surface area contributed by atoms with Crippen LogP contribution in [0.4, 0.5) is 4.79 Å². The number of hydrogen-bond donors (Lipinski definition) is 2. The molecule has 1 saturated heterocycles. The number of aliphatic carboxylic acids is 1. The van der Waals surface area contributed by atoms with E-state index in [0.29, 0.717) is 11.9 Å². The maximum absolute atomic E-state index is 11.4. The first-order chi connectivity index (χ1) is 9.55. The molecule has 2 aliphatic heterocycles. The van der Waals surface area contributed by atoms with Crippen molar-refractivity contribution in [2.75, 3.05) is 13.1 Å². The van der Waals surface area contributed by atoms with Crippen LogP contribution in [0.5, 0.6) is 0 Å². The van der Waals surface area contributed by atoms with Gasteiger partial charge < -0.3 is 24.4 Å². The third-order valence-electron chi connectivity index (χ3n) is 4.45. The fraction of sp³-hybridized carbons (Fsp3) is 0.692. The van der Waals surface area contributed by atoms with E-state index in [4.69, 9.17) is 14.4 Å². The van der Waals surface area contributed by atoms with Crippen molar-refractivity contribution in [1.82, 2.24) is 4.90 Å². The maximum atomic E-state index is 11.4. The molecule has 0 aromatic carbocycles. The van der Waals surface area contributed by atoms with E-state index in [-0.39, 0.29) is 18.7 Å². The summed E-state index contributed by atoms with van der Waals surface area (Å²) in [6.07, 6.45) is -0.827. The van der Waals surface area contributed by atoms with Gasteiger partial charge >= 0.3 is 19.2 Å². The molecule has 1 amide bonds. The highest BCUT2D eigenvalue weighted by atomic mass is 16.7. The average molecular weight is 297 g/mol. The van der Waals surface area contributed by atoms with E-state index < -0.39 is 30.4 Å². The van der Waals surface area contributed by atoms with Gasteiger partial charge in [-0.1, -0.05) is 0 Å². The summed E-state index contributed by atoms with van der Waals surface area (Å²) >= 11 is 0. The molecule has 7 nitrogen and oxygen atoms in total. The van der Waals surface area contributed by atoms with Gasteiger partial charge in [0.1, 0.15) is 0 Å². The molecule has 0 aliphatic carbocycles. The zero-order valence-electron chi connectivity index (χ0n) is 12.7. The Morgan fingerprint density at radius 1 is 1.14 bits per heavy atom. The standard InChI is InChI=1S/C13H20BNO6/c1-12(2)13(3,4)21-14(20-12)9-5-6-15(11(18)19)7-8(9)10(16)17/h5-7H2,1-4H3,(H,16,17)(H,18,19). The number of carbonyl (C=O) groups is 2. The molecule has 2 heterocycles. The van der Waals surface area contributed by atoms with Gasteiger partial charge in [0, 0.05) is 6.54 Å². The highest BCUT2D eigenvalue weighted by Crippen LogP contribution is 2.40. The Balaban J connectivity index is 2.31. The predicted octanol–water partition coefficient (Wildman–Crippen LogP) is 1.38. The first kappa shape index (κ1) is 15.8. The molecule has 0 unspecified atom stereocenters. The van der Waals surface area contributed by atoms with Crippen LogP contribution in [0.1, 0.15) is 34.1 Å². The van der Waals surface area contributed by atoms with Crippen molar-refractivity contribution >= 4 is 19.2 Å². The summed E-state index contributed by atoms with van der Waals surface area (Å²) in [6, 6.07) is 0. The van der Waals surface area contributed by atoms with Crippen LogP contribution >= 0.6 is 0 Å². The molecule has 0 aromatic rings. The molecule has 2 rings (SSSR count). The summed E-state index contributed by atoms with van der Waals surface area (Å²) in [5, 5.41) is 18.3. The predicted molar refractivity (Wildman–Crippen MR) is 75.0 cm³/mol. The van der Waals surface area contributed by atoms with Crippen molar-refractivity contribution in [3.05, 3.63) is 11.0 Å². The number of rotatable bonds is 2. The zero-order chi connectivity index (χ0) is 16.0. The summed E-state index contributed by atoms with van der Waals surface area (Å²) in [5.41, 5.74) is -0.544. The van der Waals surface area contributed by atoms with E-state index in [2.05, 4.69) is 0 Å². The molecule has 1 fully saturated rings. The van der Waals surface area contributed by atoms with Gasteiger partial charge in [0.15, 0.2) is 0 Å². The SMILES string of the molecule is CC1(C)OB(C2=C(C(=O)O)CN(C(=O)O)CC2)OC1(C)C. The molecule has 8 heteroatoms. The monoisotopic (exact) mass is 297 g/mol. The van der Waals surface area contributed by atoms with Gasteiger partial charge in [0.05, 0.1) is 23.3 Å². The van der Waals surface area contributed by atoms with Crippen LogP contribution in [0.15, 0.2) is 11.0 Å². The summed E-state index contributed by atoms with van der Waals surface area (Å²) < 4.78 is 11.7. The lowest BCUT2D eigenvalue weighted by atomic mass is 9.71. The summed E-state index contributed by atoms with van der Waals surface area (Å²) in [6.45, 7) is 7.65. The Kier molecular flexibility index (Phi) is 3.79. The molecule has 0 atom stereocenters. The zero-order valence-corrected chi connectivity index (χ0v) is 12.7. The molecule has 0 saturated carbocycles. The average Bonchev–Trinajstić information content (AvgIpc) is 2.57. The lowest BCUT2D eigenvalue weighted by Gasteiger charge is -2.32. The minimum atomic E-state index is -1.13. The van der Waals surface area contributed by atoms with Crippen molar-refractivity contribution in [2.45, 2.75) is 45.3 Å². The van der Waals surface area contributed by atoms with Crippen LogP contribution in [0, 0.1) is 0 Å². The minimum absolute atomic E-state index is 0.0437. The number of carboxylic acids is 1. The Morgan fingerprint density at radius 3 is 2.10 bits per heavy atom. The van der Waals surface area contributed by atoms with E-state index >= 15 is 0 Å². The Labute approximate surface area is 123 Å². The van der Waals surface area contributed by atoms with Gasteiger partial charge in [-0.05, 0) is 39.6 Å². The second-order valence-corrected chi connectivity index (χ2v) is 6.35. The van der Waals surface area contributed by atoms with Crippen LogP contribution in [0.3, 0.4) is 0 Å². The maximum Gasteiger partial charge on any atom is 0.491 e. The van der Waals surface area contributed by atoms with Crippen LogP contribution in [0.2, 0.25) is 0 Å². The van der Waals surface area contributed by atoms with E-state index in [9.17, 15) is 14.7 Å². The summed E-state index contributed by atoms with van der Waals surface area (Å²) in [7, 11) is -0.739. The third kappa shape index (κ3) is 2.78. The highest BCUT2D eigenvalue weighted by molar-refractivity contribution is 6.55. The second kappa shape index (κ2) is 5.03. The number of hydrogen-bond acceptors (Lipinski definition) is 4. The van der Waals surface area contributed by atoms with Crippen molar-refractivity contribution in [3.63, 3.8) is 0 Å². The minimum Gasteiger partial charge on any atom is -0.478 e. The Morgan fingerprint density at radius 2 is 1.67 bits per heavy atom. The second-order valence-electron chi connectivity index (χ2n) is 6.35. The van der Waals surface area contributed by atoms with Gasteiger partial charge in [-0.25, -0.2) is 9.59 Å². The van der Waals surface area contributed by atoms with Crippen molar-refractivity contribution in [3.8, 4) is 0 Å². The topological polar surface area (TPSA) is 96.3 Å². The quantitative estimate of drug-likeness (QED) is 0.747. The molecule has 2 N–H and O–H groups in total. The molecule has 0 radical (unpaired) electrons. The van der Waals surface area contributed by atoms with E-state index in [1.165, 1.54) is 0 Å². The smallest absolute Gasteiger partial charge is 0.478 e. The molecule has 21 heavy (non-hydrogen) atoms. The normalized spacial score (nSPS) is 24.4. The molecule has 0 aromatic heterocycles. The van der Waals surface area contributed by atoms with E-state index in [1.807, 2.05) is 27.7 Å². The fourth-order valence-electron chi connectivity index (χ4n) is 2.39. The first-order valence-corrected chi connectivity index (χ1v) is 6.84. The van der Waals surface area contributed by atoms with Crippen LogP contribution < -0.4 is 0 Å². The van der Waals surface area contributed by atoms with Gasteiger partial charge in [0.25, 0.3) is 0 Å². The summed E-state index contributed by atoms with van der Waals surface area (Å²) in [4.78, 5) is 23.5. The van der Waals surface area contributed by atoms with Crippen molar-refractivity contribution < 1.29 is 29.1 Å². The van der Waals surface area contributed by atoms with Crippen LogP contribution in [-0.4, -0.2) is 58.6 Å². The van der Waals surface area contributed by atoms with Crippen molar-refractivity contribution in [2.24, 2.45) is 0 Å². The van der Waals surface area contributed by atoms with Crippen LogP contribution in [0.25, 0.3) is 0 Å². The van der Waals surface area contributed by atoms with Gasteiger partial charge in [-0.15, -0.1) is 0 Å². The number of carboxylic acid groups (broad SMARTS) is 2. The largest absolute Gasteiger partial charge is 0.491 e. The Bertz CT molecular complexity index is 497. The lowest BCUT2D eigenvalue weighted by molar-refractivity contribution is -0.133. The molecule has 2 aliphatic rings. The van der Waals surface area contributed by atoms with Gasteiger partial charge in [0.2, 0.25) is 0 Å². The number of amides is 1. The Hall–Kier alpha value is -1.54. The summed E-state index contributed by atoms with van der Waals surface area (Å²) in [5.74, 6) is -1.13. The molecular weight excluding hydrogens is 277 g/mol. The third-order valence-corrected chi connectivity index (χ3v) is 4.45. The molecule has 116 valence electrons. The lowest BCUT2D eigenvalue weighted by Crippen LogP contribution is -2.41. The molecule has 0 spiro atoms. The highest BCUT2D eigenvalue weighted by Gasteiger charge is 2.53. The van der Waals surface area contributed by atoms with E-state index in [0.717, 1.165) is 4.90 Å². The number of nitrogens with zero attached hydrogens (tertiary/aromatic N) is 1.